The van der Waals surface area contributed by atoms with Crippen molar-refractivity contribution in [2.45, 2.75) is 5.37 Å². The molecule has 74 valence electrons. The molecule has 5 heteroatoms. The van der Waals surface area contributed by atoms with Crippen LogP contribution in [0.3, 0.4) is 0 Å². The van der Waals surface area contributed by atoms with Gasteiger partial charge in [0.2, 0.25) is 0 Å². The Morgan fingerprint density at radius 2 is 2.07 bits per heavy atom. The molecule has 14 heavy (non-hydrogen) atoms. The topological polar surface area (TPSA) is 60.7 Å². The van der Waals surface area contributed by atoms with E-state index < -0.39 is 0 Å². The van der Waals surface area contributed by atoms with Crippen molar-refractivity contribution in [3.05, 3.63) is 34.2 Å². The first kappa shape index (κ1) is 9.36. The molecule has 0 amide bonds. The highest BCUT2D eigenvalue weighted by molar-refractivity contribution is 7.80. The molecule has 0 aliphatic heterocycles. The molecule has 0 saturated carbocycles. The molecular formula is C9H11N3OS. The van der Waals surface area contributed by atoms with E-state index in [2.05, 4.69) is 27.9 Å². The molecule has 0 fully saturated rings. The van der Waals surface area contributed by atoms with Gasteiger partial charge in [-0.25, -0.2) is 4.79 Å². The van der Waals surface area contributed by atoms with E-state index in [9.17, 15) is 4.79 Å². The van der Waals surface area contributed by atoms with Crippen molar-refractivity contribution in [3.63, 3.8) is 0 Å². The Balaban J connectivity index is 2.55. The quantitative estimate of drug-likeness (QED) is 0.440. The van der Waals surface area contributed by atoms with E-state index in [0.717, 1.165) is 16.6 Å². The number of H-pyrrole nitrogens is 2. The van der Waals surface area contributed by atoms with E-state index in [1.165, 1.54) is 0 Å². The molecule has 1 heterocycles. The third-order valence-corrected chi connectivity index (χ3v) is 2.69. The van der Waals surface area contributed by atoms with Crippen molar-refractivity contribution in [3.8, 4) is 0 Å². The summed E-state index contributed by atoms with van der Waals surface area (Å²) in [7, 11) is 1.84. The molecule has 3 N–H and O–H groups in total. The van der Waals surface area contributed by atoms with Crippen LogP contribution in [0.1, 0.15) is 10.9 Å². The maximum Gasteiger partial charge on any atom is 0.323 e. The zero-order valence-corrected chi connectivity index (χ0v) is 8.56. The Morgan fingerprint density at radius 1 is 1.36 bits per heavy atom. The summed E-state index contributed by atoms with van der Waals surface area (Å²) >= 11 is 4.34. The molecular weight excluding hydrogens is 198 g/mol. The predicted molar refractivity (Wildman–Crippen MR) is 59.7 cm³/mol. The summed E-state index contributed by atoms with van der Waals surface area (Å²) in [6.07, 6.45) is 0. The number of nitrogens with one attached hydrogen (secondary N) is 3. The normalized spacial score (nSPS) is 13.3. The average molecular weight is 209 g/mol. The highest BCUT2D eigenvalue weighted by atomic mass is 32.1. The minimum Gasteiger partial charge on any atom is -0.306 e. The van der Waals surface area contributed by atoms with E-state index >= 15 is 0 Å². The van der Waals surface area contributed by atoms with Gasteiger partial charge in [-0.2, -0.15) is 12.6 Å². The zero-order chi connectivity index (χ0) is 10.1. The smallest absolute Gasteiger partial charge is 0.306 e. The molecule has 0 saturated heterocycles. The summed E-state index contributed by atoms with van der Waals surface area (Å²) < 4.78 is 0. The van der Waals surface area contributed by atoms with E-state index in [1.54, 1.807) is 0 Å². The van der Waals surface area contributed by atoms with Crippen LogP contribution in [0.2, 0.25) is 0 Å². The van der Waals surface area contributed by atoms with Gasteiger partial charge >= 0.3 is 5.69 Å². The first-order valence-corrected chi connectivity index (χ1v) is 4.79. The molecule has 1 atom stereocenters. The molecule has 1 unspecified atom stereocenters. The Morgan fingerprint density at radius 3 is 2.79 bits per heavy atom. The van der Waals surface area contributed by atoms with Gasteiger partial charge < -0.3 is 15.3 Å². The summed E-state index contributed by atoms with van der Waals surface area (Å²) in [6, 6.07) is 5.70. The molecule has 1 aromatic carbocycles. The highest BCUT2D eigenvalue weighted by Crippen LogP contribution is 2.19. The summed E-state index contributed by atoms with van der Waals surface area (Å²) in [5.74, 6) is 0. The number of hydrogen-bond acceptors (Lipinski definition) is 3. The number of thiol groups is 1. The van der Waals surface area contributed by atoms with Crippen LogP contribution < -0.4 is 11.0 Å². The van der Waals surface area contributed by atoms with Crippen LogP contribution in [0.15, 0.2) is 23.0 Å². The molecule has 0 bridgehead atoms. The molecule has 2 aromatic rings. The van der Waals surface area contributed by atoms with Crippen LogP contribution >= 0.6 is 12.6 Å². The Bertz CT molecular complexity index is 502. The van der Waals surface area contributed by atoms with Crippen molar-refractivity contribution in [2.75, 3.05) is 7.05 Å². The predicted octanol–water partition coefficient (Wildman–Crippen LogP) is 1.00. The van der Waals surface area contributed by atoms with Crippen molar-refractivity contribution in [1.82, 2.24) is 15.3 Å². The van der Waals surface area contributed by atoms with Crippen LogP contribution in [-0.4, -0.2) is 17.0 Å². The number of fused-ring (bicyclic) bond motifs is 1. The molecule has 0 aliphatic carbocycles. The van der Waals surface area contributed by atoms with Gasteiger partial charge in [0.05, 0.1) is 16.4 Å². The van der Waals surface area contributed by atoms with Gasteiger partial charge in [0.25, 0.3) is 0 Å². The number of aromatic nitrogens is 2. The minimum absolute atomic E-state index is 0.0159. The zero-order valence-electron chi connectivity index (χ0n) is 7.66. The second kappa shape index (κ2) is 3.51. The number of imidazole rings is 1. The Hall–Kier alpha value is -1.20. The maximum absolute atomic E-state index is 11.0. The first-order valence-electron chi connectivity index (χ1n) is 4.28. The lowest BCUT2D eigenvalue weighted by Crippen LogP contribution is -2.09. The van der Waals surface area contributed by atoms with Crippen molar-refractivity contribution in [1.29, 1.82) is 0 Å². The molecule has 4 nitrogen and oxygen atoms in total. The number of rotatable bonds is 2. The summed E-state index contributed by atoms with van der Waals surface area (Å²) in [5, 5.41) is 3.00. The van der Waals surface area contributed by atoms with Crippen LogP contribution in [-0.2, 0) is 0 Å². The molecule has 1 aromatic heterocycles. The first-order chi connectivity index (χ1) is 6.70. The minimum atomic E-state index is -0.183. The average Bonchev–Trinajstić information content (AvgIpc) is 2.55. The van der Waals surface area contributed by atoms with Crippen LogP contribution in [0.5, 0.6) is 0 Å². The fraction of sp³-hybridized carbons (Fsp3) is 0.222. The van der Waals surface area contributed by atoms with E-state index in [1.807, 2.05) is 25.2 Å². The summed E-state index contributed by atoms with van der Waals surface area (Å²) in [5.41, 5.74) is 2.47. The number of hydrogen-bond donors (Lipinski definition) is 4. The third-order valence-electron chi connectivity index (χ3n) is 2.13. The second-order valence-electron chi connectivity index (χ2n) is 3.08. The van der Waals surface area contributed by atoms with E-state index in [4.69, 9.17) is 0 Å². The van der Waals surface area contributed by atoms with Crippen molar-refractivity contribution in [2.24, 2.45) is 0 Å². The fourth-order valence-electron chi connectivity index (χ4n) is 1.39. The fourth-order valence-corrected chi connectivity index (χ4v) is 1.55. The molecule has 0 aliphatic rings. The standard InChI is InChI=1S/C9H11N3OS/c1-10-8(14)5-2-3-6-7(4-5)12-9(13)11-6/h2-4,8,10,14H,1H3,(H2,11,12,13). The van der Waals surface area contributed by atoms with Gasteiger partial charge in [0.1, 0.15) is 0 Å². The Kier molecular flexibility index (Phi) is 2.35. The number of aromatic amines is 2. The summed E-state index contributed by atoms with van der Waals surface area (Å²) in [6.45, 7) is 0. The third kappa shape index (κ3) is 1.56. The summed E-state index contributed by atoms with van der Waals surface area (Å²) in [4.78, 5) is 16.4. The van der Waals surface area contributed by atoms with Crippen LogP contribution in [0.4, 0.5) is 0 Å². The number of benzene rings is 1. The van der Waals surface area contributed by atoms with Crippen molar-refractivity contribution < 1.29 is 0 Å². The van der Waals surface area contributed by atoms with Gasteiger partial charge in [-0.15, -0.1) is 0 Å². The van der Waals surface area contributed by atoms with Gasteiger partial charge in [0, 0.05) is 0 Å². The van der Waals surface area contributed by atoms with Gasteiger partial charge in [-0.1, -0.05) is 6.07 Å². The van der Waals surface area contributed by atoms with Gasteiger partial charge in [-0.05, 0) is 24.7 Å². The molecule has 0 spiro atoms. The molecule has 2 rings (SSSR count). The van der Waals surface area contributed by atoms with Crippen molar-refractivity contribution >= 4 is 23.7 Å². The lowest BCUT2D eigenvalue weighted by Gasteiger charge is -2.08. The van der Waals surface area contributed by atoms with Gasteiger partial charge in [0.15, 0.2) is 0 Å². The Labute approximate surface area is 86.1 Å². The molecule has 0 radical (unpaired) electrons. The lowest BCUT2D eigenvalue weighted by molar-refractivity contribution is 0.801. The maximum atomic E-state index is 11.0. The van der Waals surface area contributed by atoms with Gasteiger partial charge in [-0.3, -0.25) is 0 Å². The van der Waals surface area contributed by atoms with E-state index in [0.29, 0.717) is 0 Å². The van der Waals surface area contributed by atoms with E-state index in [-0.39, 0.29) is 11.1 Å². The lowest BCUT2D eigenvalue weighted by atomic mass is 10.2. The largest absolute Gasteiger partial charge is 0.323 e. The monoisotopic (exact) mass is 209 g/mol. The highest BCUT2D eigenvalue weighted by Gasteiger charge is 2.05. The van der Waals surface area contributed by atoms with Crippen LogP contribution in [0, 0.1) is 0 Å². The second-order valence-corrected chi connectivity index (χ2v) is 3.59. The van der Waals surface area contributed by atoms with Crippen LogP contribution in [0.25, 0.3) is 11.0 Å². The SMILES string of the molecule is CNC(S)c1ccc2[nH]c(=O)[nH]c2c1.